The number of hydrogen-bond donors (Lipinski definition) is 1. The van der Waals surface area contributed by atoms with Gasteiger partial charge in [-0.3, -0.25) is 0 Å². The summed E-state index contributed by atoms with van der Waals surface area (Å²) >= 11 is 0. The van der Waals surface area contributed by atoms with Gasteiger partial charge in [-0.15, -0.1) is 0 Å². The van der Waals surface area contributed by atoms with Crippen molar-refractivity contribution in [1.29, 1.82) is 0 Å². The topological polar surface area (TPSA) is 92.6 Å². The monoisotopic (exact) mass is 483 g/mol. The average Bonchev–Trinajstić information content (AvgIpc) is 3.14. The van der Waals surface area contributed by atoms with E-state index in [0.29, 0.717) is 42.4 Å². The van der Waals surface area contributed by atoms with E-state index in [9.17, 15) is 17.9 Å². The molecule has 2 aromatic carbocycles. The van der Waals surface area contributed by atoms with Gasteiger partial charge < -0.3 is 14.7 Å². The van der Waals surface area contributed by atoms with Gasteiger partial charge in [0.1, 0.15) is 5.82 Å². The van der Waals surface area contributed by atoms with Crippen molar-refractivity contribution in [3.05, 3.63) is 65.7 Å². The molecule has 0 aliphatic carbocycles. The van der Waals surface area contributed by atoms with E-state index in [2.05, 4.69) is 9.97 Å². The zero-order valence-electron chi connectivity index (χ0n) is 19.2. The lowest BCUT2D eigenvalue weighted by atomic mass is 9.81. The van der Waals surface area contributed by atoms with E-state index in [1.54, 1.807) is 57.4 Å². The highest BCUT2D eigenvalue weighted by atomic mass is 32.2. The van der Waals surface area contributed by atoms with Crippen molar-refractivity contribution >= 4 is 21.5 Å². The number of fused-ring (bicyclic) bond motifs is 2. The zero-order chi connectivity index (χ0) is 24.3. The number of hydrogen-bond acceptors (Lipinski definition) is 7. The number of ether oxygens (including phenoxy) is 1. The van der Waals surface area contributed by atoms with Crippen LogP contribution >= 0.6 is 0 Å². The van der Waals surface area contributed by atoms with Gasteiger partial charge in [0.05, 0.1) is 34.9 Å². The molecule has 3 aromatic rings. The molecule has 2 aliphatic rings. The van der Waals surface area contributed by atoms with Crippen LogP contribution in [0.3, 0.4) is 0 Å². The first-order chi connectivity index (χ1) is 16.0. The second-order valence-corrected chi connectivity index (χ2v) is 11.7. The largest absolute Gasteiger partial charge is 0.386 e. The van der Waals surface area contributed by atoms with Gasteiger partial charge in [-0.1, -0.05) is 19.1 Å². The van der Waals surface area contributed by atoms with Gasteiger partial charge in [0.15, 0.2) is 9.84 Å². The third kappa shape index (κ3) is 3.68. The lowest BCUT2D eigenvalue weighted by Gasteiger charge is -2.38. The normalized spacial score (nSPS) is 17.0. The summed E-state index contributed by atoms with van der Waals surface area (Å²) in [6.07, 6.45) is 3.09. The third-order valence-corrected chi connectivity index (χ3v) is 8.38. The first-order valence-corrected chi connectivity index (χ1v) is 12.8. The van der Waals surface area contributed by atoms with Crippen LogP contribution in [0.15, 0.2) is 53.7 Å². The molecule has 2 aliphatic heterocycles. The molecule has 1 saturated heterocycles. The number of halogens is 1. The van der Waals surface area contributed by atoms with Gasteiger partial charge in [0.2, 0.25) is 5.95 Å². The van der Waals surface area contributed by atoms with Crippen LogP contribution in [0.5, 0.6) is 0 Å². The van der Waals surface area contributed by atoms with Gasteiger partial charge in [0.25, 0.3) is 0 Å². The van der Waals surface area contributed by atoms with Crippen LogP contribution in [0.1, 0.15) is 31.9 Å². The average molecular weight is 484 g/mol. The minimum atomic E-state index is -3.38. The third-order valence-electron chi connectivity index (χ3n) is 6.65. The maximum Gasteiger partial charge on any atom is 0.229 e. The number of sulfone groups is 1. The molecule has 178 valence electrons. The summed E-state index contributed by atoms with van der Waals surface area (Å²) in [6, 6.07) is 9.68. The summed E-state index contributed by atoms with van der Waals surface area (Å²) in [4.78, 5) is 11.2. The SMILES string of the molecule is CCS(=O)(=O)c1ccc2c(c1)N(c1ncc(-c3cc(C(C)(C)O)ccc3F)cn1)CC21COC1. The van der Waals surface area contributed by atoms with Crippen LogP contribution in [0.2, 0.25) is 0 Å². The van der Waals surface area contributed by atoms with Crippen molar-refractivity contribution in [3.63, 3.8) is 0 Å². The molecule has 3 heterocycles. The Bertz CT molecular complexity index is 1360. The molecule has 5 rings (SSSR count). The number of nitrogens with zero attached hydrogens (tertiary/aromatic N) is 3. The molecule has 7 nitrogen and oxygen atoms in total. The van der Waals surface area contributed by atoms with Crippen molar-refractivity contribution in [1.82, 2.24) is 9.97 Å². The fraction of sp³-hybridized carbons (Fsp3) is 0.360. The van der Waals surface area contributed by atoms with Crippen LogP contribution < -0.4 is 4.90 Å². The maximum atomic E-state index is 14.6. The Kier molecular flexibility index (Phi) is 5.27. The van der Waals surface area contributed by atoms with Crippen LogP contribution in [0.4, 0.5) is 16.0 Å². The Hall–Kier alpha value is -2.88. The van der Waals surface area contributed by atoms with Crippen LogP contribution in [-0.4, -0.2) is 49.0 Å². The number of rotatable bonds is 5. The predicted octanol–water partition coefficient (Wildman–Crippen LogP) is 3.72. The summed E-state index contributed by atoms with van der Waals surface area (Å²) in [7, 11) is -3.38. The minimum Gasteiger partial charge on any atom is -0.386 e. The fourth-order valence-corrected chi connectivity index (χ4v) is 5.42. The van der Waals surface area contributed by atoms with Gasteiger partial charge in [0, 0.05) is 35.8 Å². The Morgan fingerprint density at radius 1 is 1.15 bits per heavy atom. The molecule has 34 heavy (non-hydrogen) atoms. The Morgan fingerprint density at radius 3 is 2.44 bits per heavy atom. The highest BCUT2D eigenvalue weighted by Crippen LogP contribution is 2.48. The molecule has 0 bridgehead atoms. The van der Waals surface area contributed by atoms with E-state index in [4.69, 9.17) is 4.74 Å². The molecule has 9 heteroatoms. The van der Waals surface area contributed by atoms with Crippen LogP contribution in [-0.2, 0) is 25.6 Å². The molecular formula is C25H26FN3O4S. The van der Waals surface area contributed by atoms with Gasteiger partial charge in [-0.25, -0.2) is 22.8 Å². The molecule has 1 aromatic heterocycles. The highest BCUT2D eigenvalue weighted by Gasteiger charge is 2.49. The van der Waals surface area contributed by atoms with Crippen LogP contribution in [0.25, 0.3) is 11.1 Å². The Morgan fingerprint density at radius 2 is 1.85 bits per heavy atom. The summed E-state index contributed by atoms with van der Waals surface area (Å²) in [6.45, 7) is 6.56. The molecule has 0 amide bonds. The lowest BCUT2D eigenvalue weighted by Crippen LogP contribution is -2.49. The molecule has 1 spiro atoms. The molecule has 0 saturated carbocycles. The first-order valence-electron chi connectivity index (χ1n) is 11.1. The van der Waals surface area contributed by atoms with Gasteiger partial charge in [-0.2, -0.15) is 0 Å². The standard InChI is InChI=1S/C25H26FN3O4S/c1-4-34(31,32)18-6-7-20-22(10-18)29(13-25(20)14-33-15-25)23-27-11-16(12-28-23)19-9-17(24(2,3)30)5-8-21(19)26/h5-12,30H,4,13-15H2,1-3H3. The van der Waals surface area contributed by atoms with Gasteiger partial charge >= 0.3 is 0 Å². The van der Waals surface area contributed by atoms with Crippen molar-refractivity contribution in [2.24, 2.45) is 0 Å². The van der Waals surface area contributed by atoms with Gasteiger partial charge in [-0.05, 0) is 49.2 Å². The molecule has 1 fully saturated rings. The van der Waals surface area contributed by atoms with E-state index < -0.39 is 21.3 Å². The molecule has 0 atom stereocenters. The molecule has 0 unspecified atom stereocenters. The second-order valence-electron chi connectivity index (χ2n) is 9.47. The lowest BCUT2D eigenvalue weighted by molar-refractivity contribution is -0.0507. The Labute approximate surface area is 198 Å². The summed E-state index contributed by atoms with van der Waals surface area (Å²) in [5.41, 5.74) is 1.80. The first kappa shape index (κ1) is 22.9. The molecule has 0 radical (unpaired) electrons. The maximum absolute atomic E-state index is 14.6. The van der Waals surface area contributed by atoms with Crippen molar-refractivity contribution in [3.8, 4) is 11.1 Å². The number of aromatic nitrogens is 2. The predicted molar refractivity (Wildman–Crippen MR) is 126 cm³/mol. The highest BCUT2D eigenvalue weighted by molar-refractivity contribution is 7.91. The van der Waals surface area contributed by atoms with Crippen molar-refractivity contribution < 1.29 is 22.7 Å². The molecular weight excluding hydrogens is 457 g/mol. The smallest absolute Gasteiger partial charge is 0.229 e. The second kappa shape index (κ2) is 7.83. The van der Waals surface area contributed by atoms with E-state index in [0.717, 1.165) is 11.3 Å². The van der Waals surface area contributed by atoms with E-state index >= 15 is 0 Å². The fourth-order valence-electron chi connectivity index (χ4n) is 4.52. The molecule has 1 N–H and O–H groups in total. The number of benzene rings is 2. The zero-order valence-corrected chi connectivity index (χ0v) is 20.1. The minimum absolute atomic E-state index is 0.0144. The van der Waals surface area contributed by atoms with E-state index in [1.165, 1.54) is 6.07 Å². The summed E-state index contributed by atoms with van der Waals surface area (Å²) in [5, 5.41) is 10.3. The van der Waals surface area contributed by atoms with Crippen LogP contribution in [0, 0.1) is 5.82 Å². The quantitative estimate of drug-likeness (QED) is 0.591. The number of anilines is 2. The number of aliphatic hydroxyl groups is 1. The summed E-state index contributed by atoms with van der Waals surface area (Å²) < 4.78 is 45.1. The van der Waals surface area contributed by atoms with Crippen molar-refractivity contribution in [2.75, 3.05) is 30.4 Å². The Balaban J connectivity index is 1.54. The summed E-state index contributed by atoms with van der Waals surface area (Å²) in [5.74, 6) is -0.0183. The van der Waals surface area contributed by atoms with Crippen molar-refractivity contribution in [2.45, 2.75) is 36.7 Å². The van der Waals surface area contributed by atoms with E-state index in [1.807, 2.05) is 11.0 Å². The van der Waals surface area contributed by atoms with E-state index in [-0.39, 0.29) is 16.1 Å².